The van der Waals surface area contributed by atoms with Gasteiger partial charge in [0.2, 0.25) is 0 Å². The van der Waals surface area contributed by atoms with E-state index in [-0.39, 0.29) is 29.2 Å². The number of rotatable bonds is 1. The maximum Gasteiger partial charge on any atom is 0.494 e. The van der Waals surface area contributed by atoms with Crippen LogP contribution in [0.5, 0.6) is 0 Å². The van der Waals surface area contributed by atoms with Crippen LogP contribution in [0.4, 0.5) is 0 Å². The molecule has 2 nitrogen and oxygen atoms in total. The van der Waals surface area contributed by atoms with Gasteiger partial charge in [0.05, 0.1) is 11.2 Å². The van der Waals surface area contributed by atoms with E-state index in [1.54, 1.807) is 0 Å². The minimum absolute atomic E-state index is 0.197. The van der Waals surface area contributed by atoms with E-state index in [0.717, 1.165) is 5.46 Å². The summed E-state index contributed by atoms with van der Waals surface area (Å²) < 4.78 is 12.5. The van der Waals surface area contributed by atoms with Gasteiger partial charge in [-0.1, -0.05) is 52.3 Å². The first-order chi connectivity index (χ1) is 10.9. The summed E-state index contributed by atoms with van der Waals surface area (Å²) in [5.41, 5.74) is 3.96. The second-order valence-electron chi connectivity index (χ2n) is 10.0. The van der Waals surface area contributed by atoms with Crippen molar-refractivity contribution < 1.29 is 9.31 Å². The first kappa shape index (κ1) is 18.0. The van der Waals surface area contributed by atoms with Crippen LogP contribution in [0.3, 0.4) is 0 Å². The van der Waals surface area contributed by atoms with E-state index in [9.17, 15) is 0 Å². The Labute approximate surface area is 148 Å². The molecule has 0 unspecified atom stereocenters. The lowest BCUT2D eigenvalue weighted by Crippen LogP contribution is -2.41. The van der Waals surface area contributed by atoms with Gasteiger partial charge in [0.25, 0.3) is 0 Å². The summed E-state index contributed by atoms with van der Waals surface area (Å²) in [4.78, 5) is 0. The van der Waals surface area contributed by atoms with E-state index in [0.29, 0.717) is 0 Å². The van der Waals surface area contributed by atoms with Crippen LogP contribution >= 0.6 is 0 Å². The van der Waals surface area contributed by atoms with Crippen LogP contribution in [0.25, 0.3) is 0 Å². The van der Waals surface area contributed by atoms with Crippen LogP contribution in [0.15, 0.2) is 18.2 Å². The van der Waals surface area contributed by atoms with Crippen molar-refractivity contribution in [3.63, 3.8) is 0 Å². The van der Waals surface area contributed by atoms with E-state index < -0.39 is 0 Å². The minimum Gasteiger partial charge on any atom is -0.399 e. The van der Waals surface area contributed by atoms with Gasteiger partial charge in [-0.3, -0.25) is 0 Å². The van der Waals surface area contributed by atoms with Crippen LogP contribution in [-0.2, 0) is 20.1 Å². The maximum atomic E-state index is 6.27. The van der Waals surface area contributed by atoms with Crippen LogP contribution in [0, 0.1) is 0 Å². The Kier molecular flexibility index (Phi) is 4.01. The normalized spacial score (nSPS) is 26.8. The third-order valence-electron chi connectivity index (χ3n) is 6.63. The molecule has 2 aliphatic rings. The van der Waals surface area contributed by atoms with Crippen molar-refractivity contribution in [2.45, 2.75) is 96.7 Å². The molecule has 1 fully saturated rings. The van der Waals surface area contributed by atoms with Crippen molar-refractivity contribution in [1.29, 1.82) is 0 Å². The van der Waals surface area contributed by atoms with Gasteiger partial charge in [0, 0.05) is 0 Å². The average Bonchev–Trinajstić information content (AvgIpc) is 2.60. The molecule has 1 aromatic rings. The molecule has 24 heavy (non-hydrogen) atoms. The van der Waals surface area contributed by atoms with Crippen LogP contribution in [0.2, 0.25) is 0 Å². The van der Waals surface area contributed by atoms with E-state index in [2.05, 4.69) is 73.6 Å². The molecule has 0 aromatic heterocycles. The molecule has 132 valence electrons. The lowest BCUT2D eigenvalue weighted by atomic mass is 9.70. The zero-order chi connectivity index (χ0) is 18.0. The molecular formula is C21H33BO2. The summed E-state index contributed by atoms with van der Waals surface area (Å²) >= 11 is 0. The zero-order valence-electron chi connectivity index (χ0n) is 16.7. The molecule has 1 aliphatic carbocycles. The van der Waals surface area contributed by atoms with E-state index in [4.69, 9.17) is 9.31 Å². The van der Waals surface area contributed by atoms with Gasteiger partial charge < -0.3 is 9.31 Å². The van der Waals surface area contributed by atoms with Crippen LogP contribution < -0.4 is 5.46 Å². The van der Waals surface area contributed by atoms with Crippen molar-refractivity contribution in [3.05, 3.63) is 29.3 Å². The largest absolute Gasteiger partial charge is 0.494 e. The molecule has 0 saturated carbocycles. The summed E-state index contributed by atoms with van der Waals surface area (Å²) in [7, 11) is -0.275. The van der Waals surface area contributed by atoms with Crippen molar-refractivity contribution in [2.75, 3.05) is 0 Å². The Morgan fingerprint density at radius 1 is 0.750 bits per heavy atom. The monoisotopic (exact) mass is 328 g/mol. The summed E-state index contributed by atoms with van der Waals surface area (Å²) in [6.45, 7) is 18.0. The summed E-state index contributed by atoms with van der Waals surface area (Å²) in [6.07, 6.45) is 3.76. The van der Waals surface area contributed by atoms with Crippen molar-refractivity contribution in [3.8, 4) is 0 Å². The fraction of sp³-hybridized carbons (Fsp3) is 0.714. The highest BCUT2D eigenvalue weighted by Gasteiger charge is 2.52. The molecular weight excluding hydrogens is 295 g/mol. The lowest BCUT2D eigenvalue weighted by molar-refractivity contribution is 0.00578. The molecule has 1 aromatic carbocycles. The van der Waals surface area contributed by atoms with E-state index in [1.165, 1.54) is 30.4 Å². The Morgan fingerprint density at radius 3 is 1.79 bits per heavy atom. The van der Waals surface area contributed by atoms with Crippen molar-refractivity contribution >= 4 is 12.6 Å². The summed E-state index contributed by atoms with van der Waals surface area (Å²) in [5.74, 6) is 0. The van der Waals surface area contributed by atoms with Gasteiger partial charge in [0.15, 0.2) is 0 Å². The van der Waals surface area contributed by atoms with Gasteiger partial charge in [-0.2, -0.15) is 0 Å². The van der Waals surface area contributed by atoms with Gasteiger partial charge in [0.1, 0.15) is 0 Å². The molecule has 1 saturated heterocycles. The Morgan fingerprint density at radius 2 is 1.25 bits per heavy atom. The highest BCUT2D eigenvalue weighted by Crippen LogP contribution is 2.43. The zero-order valence-corrected chi connectivity index (χ0v) is 16.7. The quantitative estimate of drug-likeness (QED) is 0.548. The lowest BCUT2D eigenvalue weighted by Gasteiger charge is -2.32. The smallest absolute Gasteiger partial charge is 0.399 e. The Hall–Kier alpha value is -0.795. The first-order valence-corrected chi connectivity index (χ1v) is 9.36. The third-order valence-corrected chi connectivity index (χ3v) is 6.63. The minimum atomic E-state index is -0.292. The topological polar surface area (TPSA) is 18.5 Å². The second kappa shape index (κ2) is 5.35. The second-order valence-corrected chi connectivity index (χ2v) is 10.0. The highest BCUT2D eigenvalue weighted by molar-refractivity contribution is 6.62. The Balaban J connectivity index is 2.04. The number of hydrogen-bond acceptors (Lipinski definition) is 2. The van der Waals surface area contributed by atoms with Crippen LogP contribution in [0.1, 0.15) is 85.8 Å². The maximum absolute atomic E-state index is 6.27. The number of fused-ring (bicyclic) bond motifs is 1. The van der Waals surface area contributed by atoms with E-state index in [1.807, 2.05) is 0 Å². The molecule has 0 amide bonds. The predicted molar refractivity (Wildman–Crippen MR) is 102 cm³/mol. The fourth-order valence-corrected chi connectivity index (χ4v) is 4.08. The highest BCUT2D eigenvalue weighted by atomic mass is 16.7. The van der Waals surface area contributed by atoms with Gasteiger partial charge in [-0.15, -0.1) is 0 Å². The SMILES string of the molecule is CC1(C)CCCC(C)(C)c2cc(B3OC(C)(C)C(C)(C)O3)ccc21. The Bertz CT molecular complexity index is 627. The molecule has 1 heterocycles. The molecule has 0 spiro atoms. The number of benzene rings is 1. The third kappa shape index (κ3) is 2.84. The first-order valence-electron chi connectivity index (χ1n) is 9.36. The summed E-state index contributed by atoms with van der Waals surface area (Å²) in [6, 6.07) is 6.89. The van der Waals surface area contributed by atoms with Crippen molar-refractivity contribution in [1.82, 2.24) is 0 Å². The average molecular weight is 328 g/mol. The molecule has 0 bridgehead atoms. The van der Waals surface area contributed by atoms with Gasteiger partial charge in [-0.05, 0) is 68.0 Å². The molecule has 3 heteroatoms. The van der Waals surface area contributed by atoms with Gasteiger partial charge >= 0.3 is 7.12 Å². The molecule has 1 aliphatic heterocycles. The van der Waals surface area contributed by atoms with Crippen molar-refractivity contribution in [2.24, 2.45) is 0 Å². The summed E-state index contributed by atoms with van der Waals surface area (Å²) in [5, 5.41) is 0. The standard InChI is InChI=1S/C21H33BO2/c1-18(2)12-9-13-19(3,4)17-14-15(10-11-16(17)18)22-23-20(5,6)21(7,8)24-22/h10-11,14H,9,12-13H2,1-8H3. The molecule has 0 atom stereocenters. The molecule has 3 rings (SSSR count). The van der Waals surface area contributed by atoms with Gasteiger partial charge in [-0.25, -0.2) is 0 Å². The fourth-order valence-electron chi connectivity index (χ4n) is 4.08. The molecule has 0 radical (unpaired) electrons. The number of hydrogen-bond donors (Lipinski definition) is 0. The molecule has 0 N–H and O–H groups in total. The van der Waals surface area contributed by atoms with E-state index >= 15 is 0 Å². The van der Waals surface area contributed by atoms with Crippen LogP contribution in [-0.4, -0.2) is 18.3 Å². The predicted octanol–water partition coefficient (Wildman–Crippen LogP) is 4.72.